The van der Waals surface area contributed by atoms with Crippen LogP contribution in [-0.2, 0) is 0 Å². The van der Waals surface area contributed by atoms with Crippen molar-refractivity contribution < 1.29 is 5.11 Å². The Morgan fingerprint density at radius 2 is 1.86 bits per heavy atom. The lowest BCUT2D eigenvalue weighted by molar-refractivity contribution is -0.0146. The van der Waals surface area contributed by atoms with Crippen LogP contribution in [0.1, 0.15) is 39.5 Å². The summed E-state index contributed by atoms with van der Waals surface area (Å²) in [7, 11) is 0. The van der Waals surface area contributed by atoms with E-state index in [0.29, 0.717) is 17.9 Å². The molecular formula is C17H23N3O. The zero-order valence-corrected chi connectivity index (χ0v) is 12.8. The number of aliphatic hydroxyl groups is 1. The molecule has 4 heteroatoms. The molecule has 4 nitrogen and oxygen atoms in total. The average molecular weight is 285 g/mol. The van der Waals surface area contributed by atoms with Crippen LogP contribution in [0.5, 0.6) is 0 Å². The molecule has 1 fully saturated rings. The third-order valence-electron chi connectivity index (χ3n) is 4.60. The van der Waals surface area contributed by atoms with Gasteiger partial charge in [0.2, 0.25) is 5.95 Å². The molecule has 112 valence electrons. The maximum atomic E-state index is 10.7. The molecule has 1 saturated carbocycles. The topological polar surface area (TPSA) is 58.0 Å². The molecule has 0 radical (unpaired) electrons. The van der Waals surface area contributed by atoms with Crippen LogP contribution < -0.4 is 5.32 Å². The second-order valence-electron chi connectivity index (χ2n) is 6.99. The number of rotatable bonds is 3. The summed E-state index contributed by atoms with van der Waals surface area (Å²) in [6, 6.07) is 7.91. The quantitative estimate of drug-likeness (QED) is 0.907. The van der Waals surface area contributed by atoms with Gasteiger partial charge in [-0.3, -0.25) is 0 Å². The van der Waals surface area contributed by atoms with E-state index < -0.39 is 5.60 Å². The summed E-state index contributed by atoms with van der Waals surface area (Å²) >= 11 is 0. The van der Waals surface area contributed by atoms with Crippen LogP contribution in [0.15, 0.2) is 30.5 Å². The maximum Gasteiger partial charge on any atom is 0.223 e. The van der Waals surface area contributed by atoms with Gasteiger partial charge in [0.15, 0.2) is 0 Å². The summed E-state index contributed by atoms with van der Waals surface area (Å²) in [5, 5.41) is 14.9. The number of benzene rings is 1. The van der Waals surface area contributed by atoms with Crippen molar-refractivity contribution in [2.45, 2.75) is 45.1 Å². The van der Waals surface area contributed by atoms with E-state index in [9.17, 15) is 5.11 Å². The number of fused-ring (bicyclic) bond motifs is 1. The summed E-state index contributed by atoms with van der Waals surface area (Å²) in [6.45, 7) is 5.06. The summed E-state index contributed by atoms with van der Waals surface area (Å²) in [6.07, 6.45) is 5.60. The molecule has 0 atom stereocenters. The second kappa shape index (κ2) is 5.26. The highest BCUT2D eigenvalue weighted by molar-refractivity contribution is 5.78. The minimum atomic E-state index is -0.634. The molecule has 2 aromatic rings. The highest BCUT2D eigenvalue weighted by atomic mass is 16.3. The van der Waals surface area contributed by atoms with E-state index >= 15 is 0 Å². The van der Waals surface area contributed by atoms with Gasteiger partial charge in [-0.25, -0.2) is 9.97 Å². The zero-order valence-electron chi connectivity index (χ0n) is 12.8. The Bertz CT molecular complexity index is 629. The van der Waals surface area contributed by atoms with Crippen molar-refractivity contribution in [2.24, 2.45) is 5.41 Å². The van der Waals surface area contributed by atoms with E-state index in [1.54, 1.807) is 0 Å². The SMILES string of the molecule is CC1(C)CCC(O)(CNc2ncc3ccccc3n2)CC1. The first-order valence-corrected chi connectivity index (χ1v) is 7.64. The summed E-state index contributed by atoms with van der Waals surface area (Å²) in [5.41, 5.74) is 0.641. The van der Waals surface area contributed by atoms with Crippen LogP contribution in [0.25, 0.3) is 10.9 Å². The van der Waals surface area contributed by atoms with Crippen LogP contribution in [0.2, 0.25) is 0 Å². The first-order valence-electron chi connectivity index (χ1n) is 7.64. The van der Waals surface area contributed by atoms with Crippen molar-refractivity contribution in [1.82, 2.24) is 9.97 Å². The smallest absolute Gasteiger partial charge is 0.223 e. The van der Waals surface area contributed by atoms with Crippen LogP contribution in [0.4, 0.5) is 5.95 Å². The number of nitrogens with zero attached hydrogens (tertiary/aromatic N) is 2. The molecule has 0 unspecified atom stereocenters. The van der Waals surface area contributed by atoms with Gasteiger partial charge in [-0.05, 0) is 37.2 Å². The van der Waals surface area contributed by atoms with Crippen LogP contribution in [0.3, 0.4) is 0 Å². The highest BCUT2D eigenvalue weighted by Crippen LogP contribution is 2.40. The molecule has 1 aromatic heterocycles. The van der Waals surface area contributed by atoms with Gasteiger partial charge < -0.3 is 10.4 Å². The molecule has 1 aromatic carbocycles. The zero-order chi connectivity index (χ0) is 14.9. The number of para-hydroxylation sites is 1. The van der Waals surface area contributed by atoms with Gasteiger partial charge in [-0.1, -0.05) is 32.0 Å². The van der Waals surface area contributed by atoms with Gasteiger partial charge in [0.1, 0.15) is 0 Å². The van der Waals surface area contributed by atoms with Gasteiger partial charge in [0.25, 0.3) is 0 Å². The lowest BCUT2D eigenvalue weighted by atomic mass is 9.71. The molecule has 0 spiro atoms. The predicted octanol–water partition coefficient (Wildman–Crippen LogP) is 3.37. The van der Waals surface area contributed by atoms with Crippen molar-refractivity contribution in [3.05, 3.63) is 30.5 Å². The molecule has 0 aliphatic heterocycles. The number of hydrogen-bond acceptors (Lipinski definition) is 4. The Balaban J connectivity index is 1.66. The van der Waals surface area contributed by atoms with E-state index in [4.69, 9.17) is 0 Å². The van der Waals surface area contributed by atoms with E-state index in [1.807, 2.05) is 30.5 Å². The first-order chi connectivity index (χ1) is 9.96. The Hall–Kier alpha value is -1.68. The Kier molecular flexibility index (Phi) is 3.57. The normalized spacial score (nSPS) is 20.3. The standard InChI is InChI=1S/C17H23N3O/c1-16(2)7-9-17(21,10-8-16)12-19-15-18-11-13-5-3-4-6-14(13)20-15/h3-6,11,21H,7-10,12H2,1-2H3,(H,18,19,20). The van der Waals surface area contributed by atoms with E-state index in [2.05, 4.69) is 29.1 Å². The molecule has 0 amide bonds. The summed E-state index contributed by atoms with van der Waals surface area (Å²) in [5.74, 6) is 0.590. The number of aromatic nitrogens is 2. The molecule has 1 aliphatic carbocycles. The van der Waals surface area contributed by atoms with Gasteiger partial charge in [-0.2, -0.15) is 0 Å². The maximum absolute atomic E-state index is 10.7. The van der Waals surface area contributed by atoms with Crippen molar-refractivity contribution in [3.8, 4) is 0 Å². The van der Waals surface area contributed by atoms with Gasteiger partial charge in [0, 0.05) is 18.1 Å². The number of nitrogens with one attached hydrogen (secondary N) is 1. The fourth-order valence-electron chi connectivity index (χ4n) is 2.87. The van der Waals surface area contributed by atoms with Gasteiger partial charge in [-0.15, -0.1) is 0 Å². The van der Waals surface area contributed by atoms with Crippen LogP contribution in [-0.4, -0.2) is 27.2 Å². The van der Waals surface area contributed by atoms with Crippen molar-refractivity contribution >= 4 is 16.9 Å². The molecule has 0 saturated heterocycles. The van der Waals surface area contributed by atoms with Gasteiger partial charge in [0.05, 0.1) is 11.1 Å². The van der Waals surface area contributed by atoms with Crippen molar-refractivity contribution in [1.29, 1.82) is 0 Å². The van der Waals surface area contributed by atoms with E-state index in [1.165, 1.54) is 0 Å². The lowest BCUT2D eigenvalue weighted by Crippen LogP contribution is -2.42. The number of hydrogen-bond donors (Lipinski definition) is 2. The third kappa shape index (κ3) is 3.32. The predicted molar refractivity (Wildman–Crippen MR) is 85.2 cm³/mol. The summed E-state index contributed by atoms with van der Waals surface area (Å²) in [4.78, 5) is 8.80. The molecule has 3 rings (SSSR count). The second-order valence-corrected chi connectivity index (χ2v) is 6.99. The summed E-state index contributed by atoms with van der Waals surface area (Å²) < 4.78 is 0. The monoisotopic (exact) mass is 285 g/mol. The molecule has 21 heavy (non-hydrogen) atoms. The minimum absolute atomic E-state index is 0.353. The number of anilines is 1. The van der Waals surface area contributed by atoms with Gasteiger partial charge >= 0.3 is 0 Å². The van der Waals surface area contributed by atoms with E-state index in [0.717, 1.165) is 36.6 Å². The molecule has 1 aliphatic rings. The molecule has 0 bridgehead atoms. The van der Waals surface area contributed by atoms with Crippen molar-refractivity contribution in [3.63, 3.8) is 0 Å². The fraction of sp³-hybridized carbons (Fsp3) is 0.529. The lowest BCUT2D eigenvalue weighted by Gasteiger charge is -2.40. The average Bonchev–Trinajstić information content (AvgIpc) is 2.49. The Morgan fingerprint density at radius 1 is 1.14 bits per heavy atom. The molecular weight excluding hydrogens is 262 g/mol. The Morgan fingerprint density at radius 3 is 2.62 bits per heavy atom. The van der Waals surface area contributed by atoms with Crippen LogP contribution in [0, 0.1) is 5.41 Å². The fourth-order valence-corrected chi connectivity index (χ4v) is 2.87. The van der Waals surface area contributed by atoms with Crippen LogP contribution >= 0.6 is 0 Å². The Labute approximate surface area is 125 Å². The third-order valence-corrected chi connectivity index (χ3v) is 4.60. The molecule has 2 N–H and O–H groups in total. The first kappa shape index (κ1) is 14.3. The highest BCUT2D eigenvalue weighted by Gasteiger charge is 2.36. The molecule has 1 heterocycles. The largest absolute Gasteiger partial charge is 0.388 e. The van der Waals surface area contributed by atoms with E-state index in [-0.39, 0.29) is 0 Å². The van der Waals surface area contributed by atoms with Crippen molar-refractivity contribution in [2.75, 3.05) is 11.9 Å². The minimum Gasteiger partial charge on any atom is -0.388 e.